The first kappa shape index (κ1) is 13.8. The number of hydrogen-bond acceptors (Lipinski definition) is 5. The zero-order valence-corrected chi connectivity index (χ0v) is 11.8. The van der Waals surface area contributed by atoms with Crippen molar-refractivity contribution >= 4 is 29.1 Å². The van der Waals surface area contributed by atoms with Gasteiger partial charge >= 0.3 is 5.97 Å². The Kier molecular flexibility index (Phi) is 4.01. The lowest BCUT2D eigenvalue weighted by Crippen LogP contribution is -2.00. The van der Waals surface area contributed by atoms with Gasteiger partial charge in [0.2, 0.25) is 0 Å². The van der Waals surface area contributed by atoms with Crippen LogP contribution in [-0.4, -0.2) is 20.4 Å². The summed E-state index contributed by atoms with van der Waals surface area (Å²) < 4.78 is 9.60. The fourth-order valence-corrected chi connectivity index (χ4v) is 2.21. The Labute approximate surface area is 119 Å². The standard InChI is InChI=1S/C12H11ClN2O3S/c1-6(2)10-14-12(19-15-10)18-9-4-3-7(13)5-8(9)11(16)17/h3-6H,1-2H3,(H,16,17). The molecule has 1 aromatic carbocycles. The van der Waals surface area contributed by atoms with Gasteiger partial charge in [-0.15, -0.1) is 0 Å². The molecule has 0 bridgehead atoms. The van der Waals surface area contributed by atoms with Crippen molar-refractivity contribution in [3.63, 3.8) is 0 Å². The Bertz CT molecular complexity index is 613. The third-order valence-corrected chi connectivity index (χ3v) is 3.15. The molecule has 100 valence electrons. The van der Waals surface area contributed by atoms with Gasteiger partial charge in [0.25, 0.3) is 5.19 Å². The maximum Gasteiger partial charge on any atom is 0.339 e. The van der Waals surface area contributed by atoms with E-state index in [1.807, 2.05) is 13.8 Å². The Hall–Kier alpha value is -1.66. The summed E-state index contributed by atoms with van der Waals surface area (Å²) in [6.07, 6.45) is 0. The van der Waals surface area contributed by atoms with E-state index in [-0.39, 0.29) is 17.2 Å². The molecule has 0 radical (unpaired) electrons. The Morgan fingerprint density at radius 3 is 2.79 bits per heavy atom. The number of carboxylic acids is 1. The molecule has 1 aromatic heterocycles. The molecule has 0 saturated heterocycles. The predicted octanol–water partition coefficient (Wildman–Crippen LogP) is 3.81. The van der Waals surface area contributed by atoms with Crippen LogP contribution in [0.5, 0.6) is 10.9 Å². The Morgan fingerprint density at radius 1 is 1.47 bits per heavy atom. The summed E-state index contributed by atoms with van der Waals surface area (Å²) in [6.45, 7) is 3.94. The number of benzene rings is 1. The predicted molar refractivity (Wildman–Crippen MR) is 72.5 cm³/mol. The molecule has 7 heteroatoms. The molecule has 2 aromatic rings. The summed E-state index contributed by atoms with van der Waals surface area (Å²) in [5, 5.41) is 9.74. The second-order valence-corrected chi connectivity index (χ2v) is 5.27. The Morgan fingerprint density at radius 2 is 2.21 bits per heavy atom. The highest BCUT2D eigenvalue weighted by molar-refractivity contribution is 7.07. The quantitative estimate of drug-likeness (QED) is 0.929. The summed E-state index contributed by atoms with van der Waals surface area (Å²) in [7, 11) is 0. The van der Waals surface area contributed by atoms with E-state index >= 15 is 0 Å². The highest BCUT2D eigenvalue weighted by atomic mass is 35.5. The third-order valence-electron chi connectivity index (χ3n) is 2.31. The van der Waals surface area contributed by atoms with Crippen LogP contribution in [-0.2, 0) is 0 Å². The molecule has 0 aliphatic heterocycles. The summed E-state index contributed by atoms with van der Waals surface area (Å²) in [5.41, 5.74) is -0.00574. The van der Waals surface area contributed by atoms with Crippen LogP contribution in [0.15, 0.2) is 18.2 Å². The lowest BCUT2D eigenvalue weighted by Gasteiger charge is -2.05. The van der Waals surface area contributed by atoms with Crippen molar-refractivity contribution in [1.29, 1.82) is 0 Å². The maximum absolute atomic E-state index is 11.1. The van der Waals surface area contributed by atoms with Gasteiger partial charge in [-0.3, -0.25) is 0 Å². The van der Waals surface area contributed by atoms with Crippen LogP contribution in [0.3, 0.4) is 0 Å². The van der Waals surface area contributed by atoms with Crippen molar-refractivity contribution in [2.75, 3.05) is 0 Å². The number of aromatic carboxylic acids is 1. The first-order valence-corrected chi connectivity index (χ1v) is 6.67. The van der Waals surface area contributed by atoms with Crippen molar-refractivity contribution in [3.8, 4) is 10.9 Å². The van der Waals surface area contributed by atoms with Gasteiger partial charge in [0.1, 0.15) is 17.1 Å². The van der Waals surface area contributed by atoms with Crippen molar-refractivity contribution in [1.82, 2.24) is 9.36 Å². The van der Waals surface area contributed by atoms with E-state index in [0.717, 1.165) is 11.5 Å². The lowest BCUT2D eigenvalue weighted by molar-refractivity contribution is 0.0694. The summed E-state index contributed by atoms with van der Waals surface area (Å²) >= 11 is 6.85. The number of aromatic nitrogens is 2. The van der Waals surface area contributed by atoms with Gasteiger partial charge in [-0.1, -0.05) is 25.4 Å². The first-order chi connectivity index (χ1) is 8.97. The number of ether oxygens (including phenoxy) is 1. The molecular weight excluding hydrogens is 288 g/mol. The molecule has 0 unspecified atom stereocenters. The zero-order valence-electron chi connectivity index (χ0n) is 10.3. The largest absolute Gasteiger partial charge is 0.478 e. The molecule has 0 amide bonds. The van der Waals surface area contributed by atoms with E-state index in [0.29, 0.717) is 16.0 Å². The van der Waals surface area contributed by atoms with Crippen LogP contribution < -0.4 is 4.74 Å². The topological polar surface area (TPSA) is 72.3 Å². The van der Waals surface area contributed by atoms with Crippen LogP contribution in [0.2, 0.25) is 5.02 Å². The van der Waals surface area contributed by atoms with E-state index in [4.69, 9.17) is 21.4 Å². The van der Waals surface area contributed by atoms with Crippen LogP contribution in [0.4, 0.5) is 0 Å². The van der Waals surface area contributed by atoms with Crippen LogP contribution in [0, 0.1) is 0 Å². The van der Waals surface area contributed by atoms with E-state index in [2.05, 4.69) is 9.36 Å². The molecule has 0 spiro atoms. The number of rotatable bonds is 4. The van der Waals surface area contributed by atoms with Gasteiger partial charge in [0, 0.05) is 22.5 Å². The van der Waals surface area contributed by atoms with Gasteiger partial charge in [-0.05, 0) is 18.2 Å². The second-order valence-electron chi connectivity index (χ2n) is 4.12. The van der Waals surface area contributed by atoms with Crippen molar-refractivity contribution in [2.24, 2.45) is 0 Å². The molecule has 0 aliphatic rings. The number of halogens is 1. The minimum absolute atomic E-state index is 0.00574. The maximum atomic E-state index is 11.1. The van der Waals surface area contributed by atoms with E-state index in [1.165, 1.54) is 12.1 Å². The number of carbonyl (C=O) groups is 1. The van der Waals surface area contributed by atoms with Gasteiger partial charge in [-0.25, -0.2) is 4.79 Å². The fourth-order valence-electron chi connectivity index (χ4n) is 1.35. The number of nitrogens with zero attached hydrogens (tertiary/aromatic N) is 2. The van der Waals surface area contributed by atoms with Crippen molar-refractivity contribution in [3.05, 3.63) is 34.6 Å². The zero-order chi connectivity index (χ0) is 14.0. The van der Waals surface area contributed by atoms with E-state index in [9.17, 15) is 4.79 Å². The SMILES string of the molecule is CC(C)c1nsc(Oc2ccc(Cl)cc2C(=O)O)n1. The van der Waals surface area contributed by atoms with Gasteiger partial charge in [0.05, 0.1) is 0 Å². The molecule has 0 saturated carbocycles. The second kappa shape index (κ2) is 5.54. The minimum atomic E-state index is -1.11. The van der Waals surface area contributed by atoms with Crippen LogP contribution >= 0.6 is 23.1 Å². The number of carboxylic acid groups (broad SMARTS) is 1. The smallest absolute Gasteiger partial charge is 0.339 e. The summed E-state index contributed by atoms with van der Waals surface area (Å²) in [4.78, 5) is 15.3. The molecule has 19 heavy (non-hydrogen) atoms. The summed E-state index contributed by atoms with van der Waals surface area (Å²) in [6, 6.07) is 4.40. The first-order valence-electron chi connectivity index (χ1n) is 5.51. The average Bonchev–Trinajstić information content (AvgIpc) is 2.80. The molecule has 2 rings (SSSR count). The molecule has 1 heterocycles. The van der Waals surface area contributed by atoms with Gasteiger partial charge in [0.15, 0.2) is 0 Å². The molecule has 1 N–H and O–H groups in total. The third kappa shape index (κ3) is 3.21. The monoisotopic (exact) mass is 298 g/mol. The highest BCUT2D eigenvalue weighted by Crippen LogP contribution is 2.29. The Balaban J connectivity index is 2.29. The van der Waals surface area contributed by atoms with Gasteiger partial charge in [-0.2, -0.15) is 9.36 Å². The fraction of sp³-hybridized carbons (Fsp3) is 0.250. The van der Waals surface area contributed by atoms with Crippen molar-refractivity contribution in [2.45, 2.75) is 19.8 Å². The van der Waals surface area contributed by atoms with Crippen LogP contribution in [0.25, 0.3) is 0 Å². The minimum Gasteiger partial charge on any atom is -0.478 e. The molecule has 0 fully saturated rings. The molecular formula is C12H11ClN2O3S. The average molecular weight is 299 g/mol. The lowest BCUT2D eigenvalue weighted by atomic mass is 10.2. The number of hydrogen-bond donors (Lipinski definition) is 1. The van der Waals surface area contributed by atoms with Gasteiger partial charge < -0.3 is 9.84 Å². The van der Waals surface area contributed by atoms with Crippen LogP contribution in [0.1, 0.15) is 35.9 Å². The highest BCUT2D eigenvalue weighted by Gasteiger charge is 2.15. The van der Waals surface area contributed by atoms with E-state index < -0.39 is 5.97 Å². The summed E-state index contributed by atoms with van der Waals surface area (Å²) in [5.74, 6) is -0.0435. The molecule has 0 aliphatic carbocycles. The van der Waals surface area contributed by atoms with Crippen molar-refractivity contribution < 1.29 is 14.6 Å². The van der Waals surface area contributed by atoms with E-state index in [1.54, 1.807) is 6.07 Å². The molecule has 0 atom stereocenters. The molecule has 5 nitrogen and oxygen atoms in total. The normalized spacial score (nSPS) is 10.7.